The van der Waals surface area contributed by atoms with Crippen LogP contribution in [0.4, 0.5) is 4.39 Å². The molecule has 3 aromatic rings. The van der Waals surface area contributed by atoms with Crippen molar-refractivity contribution in [2.24, 2.45) is 52.3 Å². The zero-order chi connectivity index (χ0) is 30.6. The smallest absolute Gasteiger partial charge is 0.123 e. The number of nitrogens with zero attached hydrogens (tertiary/aromatic N) is 1. The molecular weight excluding hydrogens is 537 g/mol. The topological polar surface area (TPSA) is 12.9 Å². The monoisotopic (exact) mass is 591 g/mol. The van der Waals surface area contributed by atoms with Crippen molar-refractivity contribution in [1.82, 2.24) is 4.98 Å². The van der Waals surface area contributed by atoms with E-state index in [9.17, 15) is 4.39 Å². The maximum absolute atomic E-state index is 14.0. The first-order valence-corrected chi connectivity index (χ1v) is 18.0. The van der Waals surface area contributed by atoms with E-state index in [1.54, 1.807) is 12.1 Å². The van der Waals surface area contributed by atoms with Crippen molar-refractivity contribution in [3.05, 3.63) is 77.7 Å². The Labute approximate surface area is 266 Å². The molecule has 0 saturated heterocycles. The molecule has 234 valence electrons. The molecule has 1 aromatic heterocycles. The molecule has 7 rings (SSSR count). The Kier molecular flexibility index (Phi) is 8.03. The number of hydrogen-bond donors (Lipinski definition) is 0. The van der Waals surface area contributed by atoms with Crippen LogP contribution in [0.15, 0.2) is 60.7 Å². The average molecular weight is 592 g/mol. The summed E-state index contributed by atoms with van der Waals surface area (Å²) in [5.74, 6) is 5.69. The van der Waals surface area contributed by atoms with Crippen molar-refractivity contribution in [2.75, 3.05) is 0 Å². The maximum Gasteiger partial charge on any atom is 0.123 e. The third-order valence-electron chi connectivity index (χ3n) is 13.7. The fourth-order valence-electron chi connectivity index (χ4n) is 11.4. The lowest BCUT2D eigenvalue weighted by Gasteiger charge is -2.61. The first-order valence-electron chi connectivity index (χ1n) is 18.0. The van der Waals surface area contributed by atoms with Crippen LogP contribution in [0.2, 0.25) is 0 Å². The van der Waals surface area contributed by atoms with Gasteiger partial charge in [-0.15, -0.1) is 0 Å². The Morgan fingerprint density at radius 2 is 1.57 bits per heavy atom. The van der Waals surface area contributed by atoms with E-state index in [1.165, 1.54) is 74.6 Å². The number of hydrogen-bond acceptors (Lipinski definition) is 1. The number of halogens is 1. The van der Waals surface area contributed by atoms with Gasteiger partial charge in [0.1, 0.15) is 5.82 Å². The van der Waals surface area contributed by atoms with Gasteiger partial charge in [0.25, 0.3) is 0 Å². The Morgan fingerprint density at radius 3 is 2.32 bits per heavy atom. The van der Waals surface area contributed by atoms with E-state index in [0.717, 1.165) is 65.2 Å². The second kappa shape index (κ2) is 11.7. The molecule has 0 bridgehead atoms. The summed E-state index contributed by atoms with van der Waals surface area (Å²) in [6, 6.07) is 20.1. The van der Waals surface area contributed by atoms with Crippen molar-refractivity contribution in [2.45, 2.75) is 105 Å². The summed E-state index contributed by atoms with van der Waals surface area (Å²) in [7, 11) is 0. The van der Waals surface area contributed by atoms with E-state index in [1.807, 2.05) is 12.1 Å². The van der Waals surface area contributed by atoms with Gasteiger partial charge in [-0.2, -0.15) is 0 Å². The van der Waals surface area contributed by atoms with Gasteiger partial charge in [0.15, 0.2) is 0 Å². The quantitative estimate of drug-likeness (QED) is 0.266. The van der Waals surface area contributed by atoms with Crippen molar-refractivity contribution in [3.8, 4) is 22.4 Å². The van der Waals surface area contributed by atoms with Crippen LogP contribution >= 0.6 is 0 Å². The largest absolute Gasteiger partial charge is 0.253 e. The van der Waals surface area contributed by atoms with Gasteiger partial charge in [-0.1, -0.05) is 96.3 Å². The van der Waals surface area contributed by atoms with Gasteiger partial charge in [0.2, 0.25) is 0 Å². The van der Waals surface area contributed by atoms with Gasteiger partial charge < -0.3 is 0 Å². The molecule has 1 nitrogen and oxygen atoms in total. The third-order valence-corrected chi connectivity index (χ3v) is 13.7. The molecule has 8 atom stereocenters. The summed E-state index contributed by atoms with van der Waals surface area (Å²) in [5.41, 5.74) is 8.18. The summed E-state index contributed by atoms with van der Waals surface area (Å²) < 4.78 is 14.0. The summed E-state index contributed by atoms with van der Waals surface area (Å²) in [6.45, 7) is 12.7. The van der Waals surface area contributed by atoms with Crippen molar-refractivity contribution in [3.63, 3.8) is 0 Å². The van der Waals surface area contributed by atoms with E-state index in [0.29, 0.717) is 16.7 Å². The molecule has 0 radical (unpaired) electrons. The Balaban J connectivity index is 1.20. The molecule has 0 aliphatic heterocycles. The van der Waals surface area contributed by atoms with Gasteiger partial charge in [-0.05, 0) is 139 Å². The van der Waals surface area contributed by atoms with Crippen LogP contribution in [0.25, 0.3) is 22.4 Å². The van der Waals surface area contributed by atoms with Crippen molar-refractivity contribution < 1.29 is 4.39 Å². The van der Waals surface area contributed by atoms with Gasteiger partial charge in [0.05, 0.1) is 5.69 Å². The maximum atomic E-state index is 14.0. The number of pyridine rings is 1. The van der Waals surface area contributed by atoms with Gasteiger partial charge in [0, 0.05) is 11.3 Å². The fourth-order valence-corrected chi connectivity index (χ4v) is 11.4. The lowest BCUT2D eigenvalue weighted by Crippen LogP contribution is -2.54. The lowest BCUT2D eigenvalue weighted by atomic mass is 9.44. The number of fused-ring (bicyclic) bond motifs is 6. The van der Waals surface area contributed by atoms with Crippen LogP contribution in [0.1, 0.15) is 104 Å². The summed E-state index contributed by atoms with van der Waals surface area (Å²) >= 11 is 0. The van der Waals surface area contributed by atoms with Gasteiger partial charge >= 0.3 is 0 Å². The lowest BCUT2D eigenvalue weighted by molar-refractivity contribution is -0.103. The zero-order valence-corrected chi connectivity index (χ0v) is 27.9. The Hall–Kier alpha value is -2.48. The highest BCUT2D eigenvalue weighted by Gasteiger charge is 2.60. The molecule has 2 heteroatoms. The van der Waals surface area contributed by atoms with Gasteiger partial charge in [-0.3, -0.25) is 4.98 Å². The average Bonchev–Trinajstić information content (AvgIpc) is 3.37. The Morgan fingerprint density at radius 1 is 0.818 bits per heavy atom. The minimum atomic E-state index is -0.170. The number of aromatic nitrogens is 1. The van der Waals surface area contributed by atoms with Crippen LogP contribution in [0, 0.1) is 58.1 Å². The first kappa shape index (κ1) is 30.2. The summed E-state index contributed by atoms with van der Waals surface area (Å²) in [6.07, 6.45) is 14.9. The van der Waals surface area contributed by atoms with E-state index in [-0.39, 0.29) is 5.82 Å². The fraction of sp³-hybridized carbons (Fsp3) is 0.595. The highest BCUT2D eigenvalue weighted by molar-refractivity contribution is 5.74. The van der Waals surface area contributed by atoms with E-state index >= 15 is 0 Å². The van der Waals surface area contributed by atoms with E-state index in [2.05, 4.69) is 71.0 Å². The number of benzene rings is 2. The van der Waals surface area contributed by atoms with Crippen LogP contribution in [-0.2, 0) is 12.8 Å². The highest BCUT2D eigenvalue weighted by Crippen LogP contribution is 2.68. The zero-order valence-electron chi connectivity index (χ0n) is 27.9. The molecule has 3 unspecified atom stereocenters. The summed E-state index contributed by atoms with van der Waals surface area (Å²) in [4.78, 5) is 5.37. The molecule has 3 saturated carbocycles. The molecule has 4 aliphatic rings. The molecule has 0 spiro atoms. The Bertz CT molecular complexity index is 1460. The minimum Gasteiger partial charge on any atom is -0.253 e. The molecule has 1 heterocycles. The van der Waals surface area contributed by atoms with Crippen LogP contribution in [-0.4, -0.2) is 4.98 Å². The predicted octanol–water partition coefficient (Wildman–Crippen LogP) is 11.6. The van der Waals surface area contributed by atoms with E-state index in [4.69, 9.17) is 4.98 Å². The van der Waals surface area contributed by atoms with Crippen LogP contribution < -0.4 is 0 Å². The predicted molar refractivity (Wildman–Crippen MR) is 182 cm³/mol. The first-order chi connectivity index (χ1) is 21.2. The van der Waals surface area contributed by atoms with E-state index < -0.39 is 0 Å². The molecule has 2 aromatic carbocycles. The van der Waals surface area contributed by atoms with Crippen LogP contribution in [0.3, 0.4) is 0 Å². The van der Waals surface area contributed by atoms with Crippen molar-refractivity contribution in [1.29, 1.82) is 0 Å². The SMILES string of the molecule is CC(C)CCC[C@H](C)[C@H]1CCC2C3CC[C@H]4Cc5nc(-c6ccccc6)cc(-c6ccc(F)cc6)c5C[C@]4(C)C3CC[C@@]21C. The molecule has 3 fully saturated rings. The molecule has 0 amide bonds. The molecular formula is C42H54FN. The standard InChI is InChI=1S/C42H54FN/c1-27(2)10-9-11-28(3)36-20-21-37-33-19-16-31-24-40-35(26-42(31,5)38(33)22-23-41(36,37)4)34(29-14-17-32(43)18-15-29)25-39(44-40)30-12-7-6-8-13-30/h6-8,12-15,17-18,25,27-28,31,33,36-38H,9-11,16,19-24,26H2,1-5H3/t28-,31-,33?,36+,37?,38?,41+,42-/m0/s1. The second-order valence-electron chi connectivity index (χ2n) is 16.4. The highest BCUT2D eigenvalue weighted by atomic mass is 19.1. The number of rotatable bonds is 7. The minimum absolute atomic E-state index is 0.170. The second-order valence-corrected chi connectivity index (χ2v) is 16.4. The van der Waals surface area contributed by atoms with Crippen LogP contribution in [0.5, 0.6) is 0 Å². The van der Waals surface area contributed by atoms with Gasteiger partial charge in [-0.25, -0.2) is 4.39 Å². The molecule has 0 N–H and O–H groups in total. The molecule has 4 aliphatic carbocycles. The van der Waals surface area contributed by atoms with Crippen molar-refractivity contribution >= 4 is 0 Å². The third kappa shape index (κ3) is 5.17. The molecule has 44 heavy (non-hydrogen) atoms. The summed E-state index contributed by atoms with van der Waals surface area (Å²) in [5, 5.41) is 0. The normalized spacial score (nSPS) is 33.3.